The molecule has 0 bridgehead atoms. The van der Waals surface area contributed by atoms with Crippen LogP contribution in [0.5, 0.6) is 5.88 Å². The molecule has 0 unspecified atom stereocenters. The molecule has 118 valence electrons. The summed E-state index contributed by atoms with van der Waals surface area (Å²) in [5, 5.41) is 15.5. The second-order valence-electron chi connectivity index (χ2n) is 6.31. The summed E-state index contributed by atoms with van der Waals surface area (Å²) < 4.78 is 1.64. The van der Waals surface area contributed by atoms with Gasteiger partial charge in [0.15, 0.2) is 0 Å². The molecule has 0 amide bonds. The van der Waals surface area contributed by atoms with Gasteiger partial charge in [0, 0.05) is 11.1 Å². The third-order valence-corrected chi connectivity index (χ3v) is 3.97. The normalized spacial score (nSPS) is 11.1. The molecule has 0 fully saturated rings. The van der Waals surface area contributed by atoms with Crippen LogP contribution in [-0.2, 0) is 6.42 Å². The first-order chi connectivity index (χ1) is 11.1. The molecule has 1 aromatic heterocycles. The Morgan fingerprint density at radius 3 is 2.30 bits per heavy atom. The highest BCUT2D eigenvalue weighted by Crippen LogP contribution is 2.34. The SMILES string of the molecule is Cc1ccccc1-c1nn(-c2ccccc2)c(O)c1CC(C)C. The largest absolute Gasteiger partial charge is 0.493 e. The molecule has 0 aliphatic heterocycles. The third kappa shape index (κ3) is 3.00. The Morgan fingerprint density at radius 1 is 1.00 bits per heavy atom. The summed E-state index contributed by atoms with van der Waals surface area (Å²) in [6.45, 7) is 6.38. The molecule has 0 radical (unpaired) electrons. The number of benzene rings is 2. The molecular weight excluding hydrogens is 284 g/mol. The first-order valence-corrected chi connectivity index (χ1v) is 8.00. The van der Waals surface area contributed by atoms with Gasteiger partial charge in [0.1, 0.15) is 5.69 Å². The van der Waals surface area contributed by atoms with E-state index in [1.165, 1.54) is 0 Å². The van der Waals surface area contributed by atoms with Crippen LogP contribution < -0.4 is 0 Å². The van der Waals surface area contributed by atoms with Crippen LogP contribution in [0.1, 0.15) is 25.0 Å². The minimum Gasteiger partial charge on any atom is -0.493 e. The molecule has 0 saturated carbocycles. The molecule has 0 aliphatic carbocycles. The van der Waals surface area contributed by atoms with E-state index in [4.69, 9.17) is 5.10 Å². The van der Waals surface area contributed by atoms with E-state index in [0.717, 1.165) is 34.5 Å². The zero-order chi connectivity index (χ0) is 16.4. The van der Waals surface area contributed by atoms with E-state index in [1.54, 1.807) is 4.68 Å². The minimum atomic E-state index is 0.239. The van der Waals surface area contributed by atoms with Gasteiger partial charge in [0.25, 0.3) is 0 Å². The van der Waals surface area contributed by atoms with Crippen LogP contribution >= 0.6 is 0 Å². The lowest BCUT2D eigenvalue weighted by Crippen LogP contribution is -1.96. The van der Waals surface area contributed by atoms with Gasteiger partial charge in [-0.05, 0) is 37.0 Å². The van der Waals surface area contributed by atoms with Gasteiger partial charge in [-0.25, -0.2) is 4.68 Å². The summed E-state index contributed by atoms with van der Waals surface area (Å²) in [5.74, 6) is 0.681. The molecule has 0 aliphatic rings. The van der Waals surface area contributed by atoms with Crippen molar-refractivity contribution in [3.8, 4) is 22.8 Å². The second kappa shape index (κ2) is 6.29. The summed E-state index contributed by atoms with van der Waals surface area (Å²) in [7, 11) is 0. The van der Waals surface area contributed by atoms with Crippen LogP contribution in [0.15, 0.2) is 54.6 Å². The molecular formula is C20H22N2O. The summed E-state index contributed by atoms with van der Waals surface area (Å²) in [6, 6.07) is 17.9. The zero-order valence-electron chi connectivity index (χ0n) is 13.8. The fraction of sp³-hybridized carbons (Fsp3) is 0.250. The van der Waals surface area contributed by atoms with Crippen LogP contribution in [-0.4, -0.2) is 14.9 Å². The van der Waals surface area contributed by atoms with Crippen molar-refractivity contribution in [2.75, 3.05) is 0 Å². The maximum atomic E-state index is 10.8. The monoisotopic (exact) mass is 306 g/mol. The van der Waals surface area contributed by atoms with Gasteiger partial charge in [-0.15, -0.1) is 0 Å². The van der Waals surface area contributed by atoms with Crippen molar-refractivity contribution in [2.45, 2.75) is 27.2 Å². The van der Waals surface area contributed by atoms with Crippen LogP contribution in [0.4, 0.5) is 0 Å². The standard InChI is InChI=1S/C20H22N2O/c1-14(2)13-18-19(17-12-8-7-9-15(17)3)21-22(20(18)23)16-10-5-4-6-11-16/h4-12,14,23H,13H2,1-3H3. The van der Waals surface area contributed by atoms with E-state index < -0.39 is 0 Å². The van der Waals surface area contributed by atoms with Crippen molar-refractivity contribution in [3.05, 3.63) is 65.7 Å². The Hall–Kier alpha value is -2.55. The van der Waals surface area contributed by atoms with Crippen LogP contribution in [0.3, 0.4) is 0 Å². The molecule has 23 heavy (non-hydrogen) atoms. The molecule has 3 rings (SSSR count). The van der Waals surface area contributed by atoms with Gasteiger partial charge in [0.2, 0.25) is 5.88 Å². The summed E-state index contributed by atoms with van der Waals surface area (Å²) in [4.78, 5) is 0. The van der Waals surface area contributed by atoms with E-state index in [-0.39, 0.29) is 5.88 Å². The number of aromatic hydroxyl groups is 1. The lowest BCUT2D eigenvalue weighted by atomic mass is 9.97. The Bertz CT molecular complexity index is 804. The fourth-order valence-corrected chi connectivity index (χ4v) is 2.84. The maximum Gasteiger partial charge on any atom is 0.218 e. The summed E-state index contributed by atoms with van der Waals surface area (Å²) in [5.41, 5.74) is 4.90. The van der Waals surface area contributed by atoms with Gasteiger partial charge in [0.05, 0.1) is 5.69 Å². The van der Waals surface area contributed by atoms with Crippen molar-refractivity contribution in [3.63, 3.8) is 0 Å². The number of para-hydroxylation sites is 1. The Balaban J connectivity index is 2.21. The predicted molar refractivity (Wildman–Crippen MR) is 93.9 cm³/mol. The number of rotatable bonds is 4. The van der Waals surface area contributed by atoms with Gasteiger partial charge < -0.3 is 5.11 Å². The molecule has 3 aromatic rings. The molecule has 0 saturated heterocycles. The number of nitrogens with zero attached hydrogens (tertiary/aromatic N) is 2. The van der Waals surface area contributed by atoms with E-state index in [2.05, 4.69) is 32.9 Å². The molecule has 0 spiro atoms. The molecule has 1 heterocycles. The highest BCUT2D eigenvalue weighted by molar-refractivity contribution is 5.69. The molecule has 3 nitrogen and oxygen atoms in total. The Labute approximate surface area is 137 Å². The predicted octanol–water partition coefficient (Wildman–Crippen LogP) is 4.75. The lowest BCUT2D eigenvalue weighted by Gasteiger charge is -2.08. The quantitative estimate of drug-likeness (QED) is 0.755. The average molecular weight is 306 g/mol. The lowest BCUT2D eigenvalue weighted by molar-refractivity contribution is 0.424. The molecule has 2 aromatic carbocycles. The molecule has 1 N–H and O–H groups in total. The number of aryl methyl sites for hydroxylation is 1. The van der Waals surface area contributed by atoms with Crippen LogP contribution in [0, 0.1) is 12.8 Å². The van der Waals surface area contributed by atoms with Crippen molar-refractivity contribution >= 4 is 0 Å². The van der Waals surface area contributed by atoms with Crippen molar-refractivity contribution in [1.29, 1.82) is 0 Å². The first kappa shape index (κ1) is 15.3. The van der Waals surface area contributed by atoms with Gasteiger partial charge in [-0.1, -0.05) is 56.3 Å². The Kier molecular flexibility index (Phi) is 4.20. The Morgan fingerprint density at radius 2 is 1.65 bits per heavy atom. The van der Waals surface area contributed by atoms with Crippen LogP contribution in [0.25, 0.3) is 16.9 Å². The number of hydrogen-bond acceptors (Lipinski definition) is 2. The van der Waals surface area contributed by atoms with E-state index in [9.17, 15) is 5.11 Å². The average Bonchev–Trinajstić information content (AvgIpc) is 2.85. The van der Waals surface area contributed by atoms with Crippen molar-refractivity contribution in [2.24, 2.45) is 5.92 Å². The number of hydrogen-bond donors (Lipinski definition) is 1. The molecule has 3 heteroatoms. The van der Waals surface area contributed by atoms with E-state index in [0.29, 0.717) is 5.92 Å². The van der Waals surface area contributed by atoms with Crippen LogP contribution in [0.2, 0.25) is 0 Å². The van der Waals surface area contributed by atoms with Gasteiger partial charge >= 0.3 is 0 Å². The van der Waals surface area contributed by atoms with E-state index in [1.807, 2.05) is 42.5 Å². The summed E-state index contributed by atoms with van der Waals surface area (Å²) in [6.07, 6.45) is 0.794. The first-order valence-electron chi connectivity index (χ1n) is 8.00. The molecule has 0 atom stereocenters. The van der Waals surface area contributed by atoms with Gasteiger partial charge in [-0.2, -0.15) is 5.10 Å². The third-order valence-electron chi connectivity index (χ3n) is 3.97. The highest BCUT2D eigenvalue weighted by Gasteiger charge is 2.21. The van der Waals surface area contributed by atoms with Crippen molar-refractivity contribution in [1.82, 2.24) is 9.78 Å². The topological polar surface area (TPSA) is 38.0 Å². The maximum absolute atomic E-state index is 10.8. The highest BCUT2D eigenvalue weighted by atomic mass is 16.3. The summed E-state index contributed by atoms with van der Waals surface area (Å²) >= 11 is 0. The zero-order valence-corrected chi connectivity index (χ0v) is 13.8. The smallest absolute Gasteiger partial charge is 0.218 e. The van der Waals surface area contributed by atoms with Crippen molar-refractivity contribution < 1.29 is 5.11 Å². The fourth-order valence-electron chi connectivity index (χ4n) is 2.84. The second-order valence-corrected chi connectivity index (χ2v) is 6.31. The number of aromatic nitrogens is 2. The van der Waals surface area contributed by atoms with E-state index >= 15 is 0 Å². The minimum absolute atomic E-state index is 0.239. The van der Waals surface area contributed by atoms with Gasteiger partial charge in [-0.3, -0.25) is 0 Å².